The first-order valence-electron chi connectivity index (χ1n) is 7.15. The van der Waals surface area contributed by atoms with Gasteiger partial charge in [-0.3, -0.25) is 0 Å². The van der Waals surface area contributed by atoms with Gasteiger partial charge in [-0.05, 0) is 31.2 Å². The molecule has 0 saturated heterocycles. The molecule has 0 radical (unpaired) electrons. The number of carboxylic acids is 1. The van der Waals surface area contributed by atoms with E-state index in [0.29, 0.717) is 17.2 Å². The van der Waals surface area contributed by atoms with Crippen LogP contribution in [0.25, 0.3) is 22.4 Å². The van der Waals surface area contributed by atoms with Crippen LogP contribution in [0, 0.1) is 6.92 Å². The minimum absolute atomic E-state index is 0.150. The molecule has 5 N–H and O–H groups in total. The second-order valence-electron chi connectivity index (χ2n) is 5.25. The molecule has 7 heteroatoms. The Morgan fingerprint density at radius 2 is 1.67 bits per heavy atom. The number of benzene rings is 1. The number of hydrogen-bond donors (Lipinski definition) is 3. The largest absolute Gasteiger partial charge is 0.478 e. The van der Waals surface area contributed by atoms with Crippen LogP contribution in [0.4, 0.5) is 11.8 Å². The summed E-state index contributed by atoms with van der Waals surface area (Å²) in [4.78, 5) is 23.7. The summed E-state index contributed by atoms with van der Waals surface area (Å²) in [6.45, 7) is 1.83. The number of pyridine rings is 1. The van der Waals surface area contributed by atoms with E-state index in [9.17, 15) is 4.79 Å². The molecule has 0 spiro atoms. The predicted octanol–water partition coefficient (Wildman–Crippen LogP) is 2.38. The van der Waals surface area contributed by atoms with Crippen LogP contribution in [0.1, 0.15) is 16.1 Å². The first kappa shape index (κ1) is 15.4. The molecule has 24 heavy (non-hydrogen) atoms. The van der Waals surface area contributed by atoms with E-state index in [1.165, 1.54) is 12.1 Å². The maximum atomic E-state index is 11.0. The van der Waals surface area contributed by atoms with E-state index in [1.54, 1.807) is 24.4 Å². The minimum Gasteiger partial charge on any atom is -0.478 e. The Bertz CT molecular complexity index is 906. The fourth-order valence-corrected chi connectivity index (χ4v) is 2.47. The standard InChI is InChI=1S/C17H15N5O2/c1-9-14(12-6-7-13(18)20-8-12)15(22-17(19)21-9)10-2-4-11(5-3-10)16(23)24/h2-8H,1H3,(H2,18,20)(H,23,24)(H2,19,21,22). The number of aromatic carboxylic acids is 1. The summed E-state index contributed by atoms with van der Waals surface area (Å²) in [7, 11) is 0. The summed E-state index contributed by atoms with van der Waals surface area (Å²) >= 11 is 0. The molecular weight excluding hydrogens is 306 g/mol. The van der Waals surface area contributed by atoms with Crippen molar-refractivity contribution in [2.45, 2.75) is 6.92 Å². The van der Waals surface area contributed by atoms with Gasteiger partial charge in [0.15, 0.2) is 0 Å². The van der Waals surface area contributed by atoms with Gasteiger partial charge >= 0.3 is 5.97 Å². The molecule has 0 fully saturated rings. The zero-order valence-electron chi connectivity index (χ0n) is 12.9. The van der Waals surface area contributed by atoms with Crippen molar-refractivity contribution >= 4 is 17.7 Å². The highest BCUT2D eigenvalue weighted by atomic mass is 16.4. The third kappa shape index (κ3) is 2.87. The molecule has 3 aromatic rings. The molecular formula is C17H15N5O2. The summed E-state index contributed by atoms with van der Waals surface area (Å²) in [6, 6.07) is 9.96. The molecule has 0 atom stereocenters. The molecule has 2 heterocycles. The van der Waals surface area contributed by atoms with E-state index in [2.05, 4.69) is 15.0 Å². The van der Waals surface area contributed by atoms with Crippen LogP contribution < -0.4 is 11.5 Å². The summed E-state index contributed by atoms with van der Waals surface area (Å²) in [5.41, 5.74) is 15.3. The van der Waals surface area contributed by atoms with Gasteiger partial charge in [0.1, 0.15) is 5.82 Å². The normalized spacial score (nSPS) is 10.5. The molecule has 0 aliphatic heterocycles. The van der Waals surface area contributed by atoms with Gasteiger partial charge in [-0.1, -0.05) is 12.1 Å². The number of aromatic nitrogens is 3. The fourth-order valence-electron chi connectivity index (χ4n) is 2.47. The highest BCUT2D eigenvalue weighted by Crippen LogP contribution is 2.33. The Kier molecular flexibility index (Phi) is 3.83. The smallest absolute Gasteiger partial charge is 0.335 e. The average molecular weight is 321 g/mol. The van der Waals surface area contributed by atoms with Crippen LogP contribution >= 0.6 is 0 Å². The summed E-state index contributed by atoms with van der Waals surface area (Å²) in [5, 5.41) is 9.03. The second-order valence-corrected chi connectivity index (χ2v) is 5.25. The number of hydrogen-bond acceptors (Lipinski definition) is 6. The predicted molar refractivity (Wildman–Crippen MR) is 91.2 cm³/mol. The van der Waals surface area contributed by atoms with Crippen LogP contribution in [-0.2, 0) is 0 Å². The van der Waals surface area contributed by atoms with Gasteiger partial charge in [0.05, 0.1) is 17.0 Å². The first-order valence-corrected chi connectivity index (χ1v) is 7.15. The number of nitrogens with two attached hydrogens (primary N) is 2. The number of carbonyl (C=O) groups is 1. The van der Waals surface area contributed by atoms with Crippen LogP contribution in [0.5, 0.6) is 0 Å². The summed E-state index contributed by atoms with van der Waals surface area (Å²) in [5.74, 6) is -0.417. The lowest BCUT2D eigenvalue weighted by Gasteiger charge is -2.13. The van der Waals surface area contributed by atoms with Crippen LogP contribution in [-0.4, -0.2) is 26.0 Å². The Morgan fingerprint density at radius 3 is 2.25 bits per heavy atom. The van der Waals surface area contributed by atoms with Gasteiger partial charge in [-0.2, -0.15) is 0 Å². The third-order valence-electron chi connectivity index (χ3n) is 3.59. The SMILES string of the molecule is Cc1nc(N)nc(-c2ccc(C(=O)O)cc2)c1-c1ccc(N)nc1. The van der Waals surface area contributed by atoms with Crippen LogP contribution in [0.2, 0.25) is 0 Å². The van der Waals surface area contributed by atoms with Crippen molar-refractivity contribution in [3.63, 3.8) is 0 Å². The molecule has 0 bridgehead atoms. The number of anilines is 2. The zero-order chi connectivity index (χ0) is 17.3. The third-order valence-corrected chi connectivity index (χ3v) is 3.59. The van der Waals surface area contributed by atoms with Gasteiger partial charge in [-0.15, -0.1) is 0 Å². The van der Waals surface area contributed by atoms with Crippen molar-refractivity contribution in [3.8, 4) is 22.4 Å². The molecule has 0 aliphatic carbocycles. The second kappa shape index (κ2) is 5.96. The lowest BCUT2D eigenvalue weighted by molar-refractivity contribution is 0.0697. The first-order chi connectivity index (χ1) is 11.5. The Morgan fingerprint density at radius 1 is 1.00 bits per heavy atom. The maximum absolute atomic E-state index is 11.0. The number of rotatable bonds is 3. The molecule has 0 saturated carbocycles. The molecule has 2 aromatic heterocycles. The van der Waals surface area contributed by atoms with E-state index >= 15 is 0 Å². The van der Waals surface area contributed by atoms with Gasteiger partial charge in [-0.25, -0.2) is 19.7 Å². The highest BCUT2D eigenvalue weighted by molar-refractivity contribution is 5.89. The number of nitrogens with zero attached hydrogens (tertiary/aromatic N) is 3. The van der Waals surface area contributed by atoms with Gasteiger partial charge in [0.2, 0.25) is 5.95 Å². The monoisotopic (exact) mass is 321 g/mol. The quantitative estimate of drug-likeness (QED) is 0.675. The van der Waals surface area contributed by atoms with Gasteiger partial charge in [0.25, 0.3) is 0 Å². The van der Waals surface area contributed by atoms with Crippen LogP contribution in [0.3, 0.4) is 0 Å². The molecule has 1 aromatic carbocycles. The molecule has 3 rings (SSSR count). The van der Waals surface area contributed by atoms with E-state index in [-0.39, 0.29) is 11.5 Å². The van der Waals surface area contributed by atoms with E-state index in [1.807, 2.05) is 13.0 Å². The Labute approximate surface area is 138 Å². The van der Waals surface area contributed by atoms with Crippen molar-refractivity contribution in [2.24, 2.45) is 0 Å². The molecule has 0 amide bonds. The van der Waals surface area contributed by atoms with Crippen LogP contribution in [0.15, 0.2) is 42.6 Å². The van der Waals surface area contributed by atoms with Crippen molar-refractivity contribution < 1.29 is 9.90 Å². The zero-order valence-corrected chi connectivity index (χ0v) is 12.9. The minimum atomic E-state index is -0.983. The van der Waals surface area contributed by atoms with Gasteiger partial charge in [0, 0.05) is 22.9 Å². The number of aryl methyl sites for hydroxylation is 1. The lowest BCUT2D eigenvalue weighted by Crippen LogP contribution is -2.03. The van der Waals surface area contributed by atoms with E-state index < -0.39 is 5.97 Å². The van der Waals surface area contributed by atoms with Crippen molar-refractivity contribution in [1.29, 1.82) is 0 Å². The molecule has 7 nitrogen and oxygen atoms in total. The summed E-state index contributed by atoms with van der Waals surface area (Å²) in [6.07, 6.45) is 1.65. The highest BCUT2D eigenvalue weighted by Gasteiger charge is 2.15. The van der Waals surface area contributed by atoms with Crippen molar-refractivity contribution in [3.05, 3.63) is 53.9 Å². The number of nitrogen functional groups attached to an aromatic ring is 2. The average Bonchev–Trinajstić information content (AvgIpc) is 2.55. The molecule has 120 valence electrons. The van der Waals surface area contributed by atoms with Crippen molar-refractivity contribution in [1.82, 2.24) is 15.0 Å². The van der Waals surface area contributed by atoms with E-state index in [4.69, 9.17) is 16.6 Å². The molecule has 0 unspecified atom stereocenters. The fraction of sp³-hybridized carbons (Fsp3) is 0.0588. The number of carboxylic acid groups (broad SMARTS) is 1. The topological polar surface area (TPSA) is 128 Å². The Balaban J connectivity index is 2.19. The lowest BCUT2D eigenvalue weighted by atomic mass is 9.98. The van der Waals surface area contributed by atoms with E-state index in [0.717, 1.165) is 16.7 Å². The van der Waals surface area contributed by atoms with Crippen molar-refractivity contribution in [2.75, 3.05) is 11.5 Å². The summed E-state index contributed by atoms with van der Waals surface area (Å²) < 4.78 is 0. The van der Waals surface area contributed by atoms with Gasteiger partial charge < -0.3 is 16.6 Å². The molecule has 0 aliphatic rings. The Hall–Kier alpha value is -3.48. The maximum Gasteiger partial charge on any atom is 0.335 e.